The molecule has 0 spiro atoms. The number of benzene rings is 2. The fourth-order valence-electron chi connectivity index (χ4n) is 2.82. The van der Waals surface area contributed by atoms with E-state index in [4.69, 9.17) is 0 Å². The van der Waals surface area contributed by atoms with Crippen LogP contribution in [0.1, 0.15) is 49.3 Å². The summed E-state index contributed by atoms with van der Waals surface area (Å²) < 4.78 is 0. The van der Waals surface area contributed by atoms with Gasteiger partial charge in [-0.05, 0) is 55.0 Å². The smallest absolute Gasteiger partial charge is 0.0289 e. The molecule has 1 fully saturated rings. The fourth-order valence-corrected chi connectivity index (χ4v) is 2.82. The van der Waals surface area contributed by atoms with Crippen LogP contribution in [0.2, 0.25) is 0 Å². The van der Waals surface area contributed by atoms with Gasteiger partial charge in [-0.1, -0.05) is 55.0 Å². The molecule has 1 aliphatic carbocycles. The predicted molar refractivity (Wildman–Crippen MR) is 85.9 cm³/mol. The quantitative estimate of drug-likeness (QED) is 0.829. The third kappa shape index (κ3) is 2.64. The van der Waals surface area contributed by atoms with E-state index in [0.717, 1.165) is 5.92 Å². The van der Waals surface area contributed by atoms with Crippen molar-refractivity contribution in [2.45, 2.75) is 38.1 Å². The van der Waals surface area contributed by atoms with Crippen molar-refractivity contribution in [1.29, 1.82) is 0 Å². The van der Waals surface area contributed by atoms with E-state index in [1.807, 2.05) is 7.05 Å². The summed E-state index contributed by atoms with van der Waals surface area (Å²) in [7, 11) is 2.00. The lowest BCUT2D eigenvalue weighted by Crippen LogP contribution is -2.11. The molecule has 2 aromatic rings. The Bertz CT molecular complexity index is 503. The van der Waals surface area contributed by atoms with Crippen molar-refractivity contribution in [2.75, 3.05) is 7.05 Å². The van der Waals surface area contributed by atoms with Gasteiger partial charge in [-0.2, -0.15) is 0 Å². The van der Waals surface area contributed by atoms with Gasteiger partial charge < -0.3 is 5.32 Å². The van der Waals surface area contributed by atoms with Crippen molar-refractivity contribution >= 4 is 0 Å². The highest BCUT2D eigenvalue weighted by molar-refractivity contribution is 5.64. The summed E-state index contributed by atoms with van der Waals surface area (Å²) in [6, 6.07) is 18.4. The molecule has 2 aromatic carbocycles. The number of nitrogens with one attached hydrogen (secondary N) is 1. The molecule has 0 radical (unpaired) electrons. The molecule has 104 valence electrons. The van der Waals surface area contributed by atoms with Crippen molar-refractivity contribution in [3.8, 4) is 11.1 Å². The monoisotopic (exact) mass is 265 g/mol. The van der Waals surface area contributed by atoms with Crippen molar-refractivity contribution < 1.29 is 0 Å². The summed E-state index contributed by atoms with van der Waals surface area (Å²) in [6.07, 6.45) is 4.14. The fraction of sp³-hybridized carbons (Fsp3) is 0.368. The SMILES string of the molecule is CNC(C)c1ccc(-c2ccc(C3CCC3)cc2)cc1. The van der Waals surface area contributed by atoms with Gasteiger partial charge in [0.15, 0.2) is 0 Å². The molecule has 0 aliphatic heterocycles. The van der Waals surface area contributed by atoms with Gasteiger partial charge in [0, 0.05) is 6.04 Å². The Balaban J connectivity index is 1.78. The van der Waals surface area contributed by atoms with Crippen LogP contribution in [-0.4, -0.2) is 7.05 Å². The maximum Gasteiger partial charge on any atom is 0.0289 e. The zero-order valence-electron chi connectivity index (χ0n) is 12.4. The maximum atomic E-state index is 3.27. The van der Waals surface area contributed by atoms with Gasteiger partial charge in [-0.3, -0.25) is 0 Å². The Hall–Kier alpha value is -1.60. The second kappa shape index (κ2) is 5.80. The van der Waals surface area contributed by atoms with Crippen LogP contribution in [0.3, 0.4) is 0 Å². The first-order valence-corrected chi connectivity index (χ1v) is 7.65. The summed E-state index contributed by atoms with van der Waals surface area (Å²) in [4.78, 5) is 0. The number of rotatable bonds is 4. The normalized spacial score (nSPS) is 16.7. The second-order valence-electron chi connectivity index (χ2n) is 5.88. The van der Waals surface area contributed by atoms with E-state index in [1.165, 1.54) is 41.5 Å². The molecule has 1 atom stereocenters. The molecule has 1 nitrogen and oxygen atoms in total. The van der Waals surface area contributed by atoms with Gasteiger partial charge in [0.2, 0.25) is 0 Å². The molecule has 1 heteroatoms. The van der Waals surface area contributed by atoms with E-state index in [9.17, 15) is 0 Å². The van der Waals surface area contributed by atoms with Crippen LogP contribution in [0.4, 0.5) is 0 Å². The summed E-state index contributed by atoms with van der Waals surface area (Å²) in [6.45, 7) is 2.18. The molecule has 1 unspecified atom stereocenters. The van der Waals surface area contributed by atoms with Gasteiger partial charge in [0.05, 0.1) is 0 Å². The third-order valence-corrected chi connectivity index (χ3v) is 4.66. The Morgan fingerprint density at radius 1 is 0.900 bits per heavy atom. The Kier molecular flexibility index (Phi) is 3.88. The zero-order chi connectivity index (χ0) is 13.9. The number of hydrogen-bond acceptors (Lipinski definition) is 1. The molecular weight excluding hydrogens is 242 g/mol. The third-order valence-electron chi connectivity index (χ3n) is 4.66. The highest BCUT2D eigenvalue weighted by Gasteiger charge is 2.18. The predicted octanol–water partition coefficient (Wildman–Crippen LogP) is 4.90. The van der Waals surface area contributed by atoms with E-state index in [-0.39, 0.29) is 0 Å². The molecule has 0 bridgehead atoms. The summed E-state index contributed by atoms with van der Waals surface area (Å²) in [5.74, 6) is 0.822. The topological polar surface area (TPSA) is 12.0 Å². The van der Waals surface area contributed by atoms with Gasteiger partial charge in [0.1, 0.15) is 0 Å². The summed E-state index contributed by atoms with van der Waals surface area (Å²) >= 11 is 0. The van der Waals surface area contributed by atoms with Crippen LogP contribution in [0, 0.1) is 0 Å². The lowest BCUT2D eigenvalue weighted by Gasteiger charge is -2.25. The molecule has 1 saturated carbocycles. The van der Waals surface area contributed by atoms with Gasteiger partial charge in [0.25, 0.3) is 0 Å². The van der Waals surface area contributed by atoms with Crippen LogP contribution in [0.5, 0.6) is 0 Å². The molecule has 0 amide bonds. The summed E-state index contributed by atoms with van der Waals surface area (Å²) in [5, 5.41) is 3.27. The van der Waals surface area contributed by atoms with E-state index >= 15 is 0 Å². The Morgan fingerprint density at radius 2 is 1.45 bits per heavy atom. The average Bonchev–Trinajstić information content (AvgIpc) is 2.46. The molecule has 0 saturated heterocycles. The van der Waals surface area contributed by atoms with Gasteiger partial charge in [-0.15, -0.1) is 0 Å². The zero-order valence-corrected chi connectivity index (χ0v) is 12.4. The van der Waals surface area contributed by atoms with Gasteiger partial charge >= 0.3 is 0 Å². The minimum atomic E-state index is 0.407. The van der Waals surface area contributed by atoms with Crippen LogP contribution in [0.25, 0.3) is 11.1 Å². The van der Waals surface area contributed by atoms with Crippen molar-refractivity contribution in [3.05, 3.63) is 59.7 Å². The maximum absolute atomic E-state index is 3.27. The van der Waals surface area contributed by atoms with E-state index in [0.29, 0.717) is 6.04 Å². The number of hydrogen-bond donors (Lipinski definition) is 1. The van der Waals surface area contributed by atoms with Crippen LogP contribution >= 0.6 is 0 Å². The molecule has 0 heterocycles. The van der Waals surface area contributed by atoms with Crippen LogP contribution in [-0.2, 0) is 0 Å². The van der Waals surface area contributed by atoms with E-state index in [1.54, 1.807) is 0 Å². The Morgan fingerprint density at radius 3 is 1.90 bits per heavy atom. The lowest BCUT2D eigenvalue weighted by molar-refractivity contribution is 0.420. The highest BCUT2D eigenvalue weighted by Crippen LogP contribution is 2.36. The average molecular weight is 265 g/mol. The second-order valence-corrected chi connectivity index (χ2v) is 5.88. The molecule has 3 rings (SSSR count). The lowest BCUT2D eigenvalue weighted by atomic mass is 9.80. The first-order chi connectivity index (χ1) is 9.78. The van der Waals surface area contributed by atoms with E-state index < -0.39 is 0 Å². The molecular formula is C19H23N. The van der Waals surface area contributed by atoms with Crippen molar-refractivity contribution in [2.24, 2.45) is 0 Å². The first kappa shape index (κ1) is 13.4. The van der Waals surface area contributed by atoms with Crippen LogP contribution < -0.4 is 5.32 Å². The van der Waals surface area contributed by atoms with Crippen LogP contribution in [0.15, 0.2) is 48.5 Å². The standard InChI is InChI=1S/C19H23N/c1-14(20-2)15-6-8-18(9-7-15)19-12-10-17(11-13-19)16-4-3-5-16/h6-14,16,20H,3-5H2,1-2H3. The molecule has 0 aromatic heterocycles. The van der Waals surface area contributed by atoms with Gasteiger partial charge in [-0.25, -0.2) is 0 Å². The molecule has 20 heavy (non-hydrogen) atoms. The molecule has 1 aliphatic rings. The first-order valence-electron chi connectivity index (χ1n) is 7.65. The minimum absolute atomic E-state index is 0.407. The minimum Gasteiger partial charge on any atom is -0.313 e. The van der Waals surface area contributed by atoms with Crippen molar-refractivity contribution in [3.63, 3.8) is 0 Å². The highest BCUT2D eigenvalue weighted by atomic mass is 14.8. The summed E-state index contributed by atoms with van der Waals surface area (Å²) in [5.41, 5.74) is 5.47. The largest absolute Gasteiger partial charge is 0.313 e. The molecule has 1 N–H and O–H groups in total. The van der Waals surface area contributed by atoms with E-state index in [2.05, 4.69) is 60.8 Å². The Labute approximate surface area is 122 Å². The van der Waals surface area contributed by atoms with Crippen molar-refractivity contribution in [1.82, 2.24) is 5.32 Å².